The lowest BCUT2D eigenvalue weighted by atomic mass is 10.2. The zero-order chi connectivity index (χ0) is 12.5. The number of halogens is 1. The number of aromatic nitrogens is 3. The van der Waals surface area contributed by atoms with Crippen LogP contribution in [0.3, 0.4) is 0 Å². The SMILES string of the molecule is [C-]#[N+]c1cnc2c(c1)nc(CCl)n2C[C@@H]1CCO1. The van der Waals surface area contributed by atoms with Gasteiger partial charge in [-0.25, -0.2) is 14.8 Å². The zero-order valence-electron chi connectivity index (χ0n) is 9.64. The number of hydrogen-bond acceptors (Lipinski definition) is 3. The molecule has 0 radical (unpaired) electrons. The Morgan fingerprint density at radius 3 is 3.06 bits per heavy atom. The zero-order valence-corrected chi connectivity index (χ0v) is 10.4. The lowest BCUT2D eigenvalue weighted by Crippen LogP contribution is -2.31. The Morgan fingerprint density at radius 1 is 1.61 bits per heavy atom. The fourth-order valence-electron chi connectivity index (χ4n) is 2.03. The number of hydrogen-bond donors (Lipinski definition) is 0. The van der Waals surface area contributed by atoms with Crippen LogP contribution in [0.2, 0.25) is 0 Å². The Hall–Kier alpha value is -1.64. The molecule has 5 nitrogen and oxygen atoms in total. The molecule has 0 bridgehead atoms. The van der Waals surface area contributed by atoms with Crippen molar-refractivity contribution >= 4 is 28.5 Å². The second kappa shape index (κ2) is 4.56. The van der Waals surface area contributed by atoms with E-state index in [1.807, 2.05) is 4.57 Å². The summed E-state index contributed by atoms with van der Waals surface area (Å²) in [6, 6.07) is 1.74. The van der Waals surface area contributed by atoms with Crippen LogP contribution in [0, 0.1) is 6.57 Å². The second-order valence-corrected chi connectivity index (χ2v) is 4.47. The molecular weight excluding hydrogens is 252 g/mol. The first-order valence-electron chi connectivity index (χ1n) is 5.72. The molecule has 1 atom stereocenters. The van der Waals surface area contributed by atoms with Gasteiger partial charge in [-0.1, -0.05) is 0 Å². The van der Waals surface area contributed by atoms with Gasteiger partial charge in [0.15, 0.2) is 5.65 Å². The van der Waals surface area contributed by atoms with Crippen LogP contribution in [0.15, 0.2) is 12.3 Å². The number of rotatable bonds is 3. The van der Waals surface area contributed by atoms with E-state index in [9.17, 15) is 0 Å². The maximum atomic E-state index is 6.98. The number of alkyl halides is 1. The van der Waals surface area contributed by atoms with Crippen LogP contribution < -0.4 is 0 Å². The van der Waals surface area contributed by atoms with Crippen LogP contribution in [0.5, 0.6) is 0 Å². The molecule has 0 saturated carbocycles. The van der Waals surface area contributed by atoms with E-state index in [-0.39, 0.29) is 6.10 Å². The van der Waals surface area contributed by atoms with Gasteiger partial charge in [-0.15, -0.1) is 11.6 Å². The minimum absolute atomic E-state index is 0.228. The van der Waals surface area contributed by atoms with Crippen molar-refractivity contribution in [3.05, 3.63) is 29.5 Å². The van der Waals surface area contributed by atoms with Crippen molar-refractivity contribution in [1.29, 1.82) is 0 Å². The summed E-state index contributed by atoms with van der Waals surface area (Å²) < 4.78 is 7.42. The molecule has 0 N–H and O–H groups in total. The summed E-state index contributed by atoms with van der Waals surface area (Å²) in [6.45, 7) is 8.53. The molecular formula is C12H11ClN4O. The number of ether oxygens (including phenoxy) is 1. The van der Waals surface area contributed by atoms with Crippen LogP contribution in [-0.2, 0) is 17.2 Å². The van der Waals surface area contributed by atoms with E-state index >= 15 is 0 Å². The Bertz CT molecular complexity index is 627. The number of nitrogens with zero attached hydrogens (tertiary/aromatic N) is 4. The molecule has 2 aromatic heterocycles. The summed E-state index contributed by atoms with van der Waals surface area (Å²) >= 11 is 5.91. The van der Waals surface area contributed by atoms with Crippen molar-refractivity contribution in [1.82, 2.24) is 14.5 Å². The minimum Gasteiger partial charge on any atom is -0.376 e. The van der Waals surface area contributed by atoms with E-state index in [2.05, 4.69) is 14.8 Å². The molecule has 2 aromatic rings. The molecule has 1 aliphatic rings. The van der Waals surface area contributed by atoms with Gasteiger partial charge in [-0.05, 0) is 12.5 Å². The fourth-order valence-corrected chi connectivity index (χ4v) is 2.24. The number of fused-ring (bicyclic) bond motifs is 1. The molecule has 0 amide bonds. The van der Waals surface area contributed by atoms with Gasteiger partial charge in [0, 0.05) is 12.8 Å². The Kier molecular flexibility index (Phi) is 2.90. The van der Waals surface area contributed by atoms with Crippen LogP contribution in [0.4, 0.5) is 5.69 Å². The van der Waals surface area contributed by atoms with E-state index in [0.717, 1.165) is 36.6 Å². The highest BCUT2D eigenvalue weighted by atomic mass is 35.5. The molecule has 1 saturated heterocycles. The summed E-state index contributed by atoms with van der Waals surface area (Å²) in [5, 5.41) is 0. The van der Waals surface area contributed by atoms with E-state index < -0.39 is 0 Å². The first-order valence-corrected chi connectivity index (χ1v) is 6.25. The monoisotopic (exact) mass is 262 g/mol. The fraction of sp³-hybridized carbons (Fsp3) is 0.417. The van der Waals surface area contributed by atoms with Gasteiger partial charge in [-0.2, -0.15) is 0 Å². The van der Waals surface area contributed by atoms with E-state index in [1.54, 1.807) is 12.3 Å². The molecule has 1 aliphatic heterocycles. The lowest BCUT2D eigenvalue weighted by Gasteiger charge is -2.27. The van der Waals surface area contributed by atoms with Crippen LogP contribution >= 0.6 is 11.6 Å². The van der Waals surface area contributed by atoms with Crippen LogP contribution in [0.25, 0.3) is 16.0 Å². The third-order valence-electron chi connectivity index (χ3n) is 3.08. The van der Waals surface area contributed by atoms with Crippen LogP contribution in [0.1, 0.15) is 12.2 Å². The Morgan fingerprint density at radius 2 is 2.44 bits per heavy atom. The van der Waals surface area contributed by atoms with E-state index in [0.29, 0.717) is 11.6 Å². The molecule has 3 heterocycles. The summed E-state index contributed by atoms with van der Waals surface area (Å²) in [4.78, 5) is 12.1. The van der Waals surface area contributed by atoms with Crippen LogP contribution in [-0.4, -0.2) is 27.2 Å². The maximum Gasteiger partial charge on any atom is 0.207 e. The average Bonchev–Trinajstić information content (AvgIpc) is 2.70. The summed E-state index contributed by atoms with van der Waals surface area (Å²) in [6.07, 6.45) is 2.85. The van der Waals surface area contributed by atoms with Crippen molar-refractivity contribution in [3.8, 4) is 0 Å². The summed E-state index contributed by atoms with van der Waals surface area (Å²) in [5.74, 6) is 1.10. The lowest BCUT2D eigenvalue weighted by molar-refractivity contribution is -0.0590. The second-order valence-electron chi connectivity index (χ2n) is 4.20. The van der Waals surface area contributed by atoms with Crippen molar-refractivity contribution < 1.29 is 4.74 Å². The molecule has 18 heavy (non-hydrogen) atoms. The first-order chi connectivity index (χ1) is 8.81. The van der Waals surface area contributed by atoms with E-state index in [1.165, 1.54) is 0 Å². The van der Waals surface area contributed by atoms with E-state index in [4.69, 9.17) is 22.9 Å². The summed E-state index contributed by atoms with van der Waals surface area (Å²) in [5.41, 5.74) is 1.99. The van der Waals surface area contributed by atoms with Gasteiger partial charge >= 0.3 is 0 Å². The van der Waals surface area contributed by atoms with Gasteiger partial charge in [0.05, 0.1) is 30.6 Å². The quantitative estimate of drug-likeness (QED) is 0.631. The minimum atomic E-state index is 0.228. The van der Waals surface area contributed by atoms with Gasteiger partial charge in [0.2, 0.25) is 5.69 Å². The van der Waals surface area contributed by atoms with Crippen molar-refractivity contribution in [2.75, 3.05) is 6.61 Å². The summed E-state index contributed by atoms with van der Waals surface area (Å²) in [7, 11) is 0. The molecule has 0 spiro atoms. The topological polar surface area (TPSA) is 44.3 Å². The normalized spacial score (nSPS) is 18.6. The van der Waals surface area contributed by atoms with Crippen molar-refractivity contribution in [3.63, 3.8) is 0 Å². The van der Waals surface area contributed by atoms with Gasteiger partial charge < -0.3 is 9.30 Å². The number of pyridine rings is 1. The van der Waals surface area contributed by atoms with Crippen molar-refractivity contribution in [2.45, 2.75) is 24.9 Å². The molecule has 0 unspecified atom stereocenters. The molecule has 92 valence electrons. The largest absolute Gasteiger partial charge is 0.376 e. The van der Waals surface area contributed by atoms with Gasteiger partial charge in [0.1, 0.15) is 5.82 Å². The van der Waals surface area contributed by atoms with Gasteiger partial charge in [-0.3, -0.25) is 0 Å². The molecule has 0 aromatic carbocycles. The Labute approximate surface area is 109 Å². The highest BCUT2D eigenvalue weighted by molar-refractivity contribution is 6.16. The third kappa shape index (κ3) is 1.84. The first kappa shape index (κ1) is 11.5. The highest BCUT2D eigenvalue weighted by Crippen LogP contribution is 2.23. The Balaban J connectivity index is 2.06. The maximum absolute atomic E-state index is 6.98. The average molecular weight is 263 g/mol. The standard InChI is InChI=1S/C12H11ClN4O/c1-14-8-4-10-12(15-6-8)17(11(5-13)16-10)7-9-2-3-18-9/h4,6,9H,2-3,5,7H2/t9-/m0/s1. The molecule has 6 heteroatoms. The number of imidazole rings is 1. The smallest absolute Gasteiger partial charge is 0.207 e. The predicted molar refractivity (Wildman–Crippen MR) is 67.7 cm³/mol. The molecule has 0 aliphatic carbocycles. The highest BCUT2D eigenvalue weighted by Gasteiger charge is 2.22. The van der Waals surface area contributed by atoms with Gasteiger partial charge in [0.25, 0.3) is 0 Å². The predicted octanol–water partition coefficient (Wildman–Crippen LogP) is 2.51. The molecule has 1 fully saturated rings. The molecule has 3 rings (SSSR count). The third-order valence-corrected chi connectivity index (χ3v) is 3.32. The van der Waals surface area contributed by atoms with Crippen molar-refractivity contribution in [2.24, 2.45) is 0 Å².